The zero-order valence-electron chi connectivity index (χ0n) is 30.9. The van der Waals surface area contributed by atoms with Gasteiger partial charge >= 0.3 is 18.7 Å². The first kappa shape index (κ1) is 40.2. The van der Waals surface area contributed by atoms with Gasteiger partial charge in [0.2, 0.25) is 0 Å². The van der Waals surface area contributed by atoms with E-state index in [4.69, 9.17) is 22.1 Å². The summed E-state index contributed by atoms with van der Waals surface area (Å²) in [7, 11) is 0. The number of hydrogen-bond acceptors (Lipinski definition) is 8. The summed E-state index contributed by atoms with van der Waals surface area (Å²) in [4.78, 5) is 37.4. The number of rotatable bonds is 14. The van der Waals surface area contributed by atoms with E-state index in [0.29, 0.717) is 23.2 Å². The normalized spacial score (nSPS) is 20.2. The number of amides is 1. The molecule has 7 rings (SSSR count). The van der Waals surface area contributed by atoms with Gasteiger partial charge in [-0.25, -0.2) is 18.8 Å². The van der Waals surface area contributed by atoms with Gasteiger partial charge in [0, 0.05) is 22.7 Å². The number of halogens is 8. The van der Waals surface area contributed by atoms with Crippen LogP contribution < -0.4 is 5.73 Å². The second kappa shape index (κ2) is 14.1. The van der Waals surface area contributed by atoms with Gasteiger partial charge in [0.1, 0.15) is 12.9 Å². The highest BCUT2D eigenvalue weighted by Gasteiger charge is 2.61. The van der Waals surface area contributed by atoms with Crippen LogP contribution in [-0.2, 0) is 19.9 Å². The van der Waals surface area contributed by atoms with Crippen molar-refractivity contribution in [2.24, 2.45) is 21.6 Å². The third-order valence-corrected chi connectivity index (χ3v) is 11.5. The van der Waals surface area contributed by atoms with E-state index in [2.05, 4.69) is 20.2 Å². The van der Waals surface area contributed by atoms with Crippen LogP contribution in [0.3, 0.4) is 0 Å². The van der Waals surface area contributed by atoms with E-state index in [9.17, 15) is 40.3 Å². The molecule has 4 aromatic rings. The molecular formula is C38H38ClF7N8O3. The van der Waals surface area contributed by atoms with Crippen LogP contribution in [0.2, 0.25) is 5.02 Å². The molecule has 304 valence electrons. The van der Waals surface area contributed by atoms with Crippen LogP contribution in [0.4, 0.5) is 30.7 Å². The van der Waals surface area contributed by atoms with Crippen LogP contribution in [0, 0.1) is 10.8 Å². The topological polar surface area (TPSA) is 134 Å². The Kier molecular flexibility index (Phi) is 9.96. The van der Waals surface area contributed by atoms with E-state index in [0.717, 1.165) is 43.5 Å². The average Bonchev–Trinajstić information content (AvgIpc) is 4.00. The molecule has 2 saturated carbocycles. The number of aliphatic imine (C=N–C) groups is 1. The number of guanidine groups is 1. The molecule has 2 fully saturated rings. The van der Waals surface area contributed by atoms with Gasteiger partial charge in [-0.05, 0) is 67.9 Å². The first-order valence-corrected chi connectivity index (χ1v) is 18.5. The van der Waals surface area contributed by atoms with E-state index in [-0.39, 0.29) is 40.4 Å². The molecule has 1 aliphatic heterocycles. The lowest BCUT2D eigenvalue weighted by Crippen LogP contribution is -2.49. The number of esters is 1. The molecule has 0 spiro atoms. The van der Waals surface area contributed by atoms with Crippen LogP contribution in [0.25, 0.3) is 22.5 Å². The number of carbonyl (C=O) groups is 2. The van der Waals surface area contributed by atoms with Crippen molar-refractivity contribution in [2.75, 3.05) is 6.61 Å². The summed E-state index contributed by atoms with van der Waals surface area (Å²) in [6, 6.07) is 9.01. The van der Waals surface area contributed by atoms with Crippen LogP contribution in [0.1, 0.15) is 89.1 Å². The van der Waals surface area contributed by atoms with E-state index < -0.39 is 78.3 Å². The van der Waals surface area contributed by atoms with Gasteiger partial charge in [-0.2, -0.15) is 36.8 Å². The highest BCUT2D eigenvalue weighted by molar-refractivity contribution is 6.33. The molecule has 19 heteroatoms. The lowest BCUT2D eigenvalue weighted by molar-refractivity contribution is -0.218. The summed E-state index contributed by atoms with van der Waals surface area (Å²) in [5.41, 5.74) is 1.57. The number of aromatic nitrogens is 5. The fourth-order valence-electron chi connectivity index (χ4n) is 7.26. The summed E-state index contributed by atoms with van der Waals surface area (Å²) < 4.78 is 108. The van der Waals surface area contributed by atoms with Gasteiger partial charge in [-0.3, -0.25) is 19.2 Å². The number of benzene rings is 2. The molecule has 2 aromatic heterocycles. The molecular weight excluding hydrogens is 785 g/mol. The molecule has 2 atom stereocenters. The minimum absolute atomic E-state index is 0.0633. The van der Waals surface area contributed by atoms with Crippen molar-refractivity contribution in [3.8, 4) is 22.5 Å². The van der Waals surface area contributed by atoms with Crippen molar-refractivity contribution in [2.45, 2.75) is 95.6 Å². The Morgan fingerprint density at radius 2 is 1.70 bits per heavy atom. The Hall–Kier alpha value is -5.00. The van der Waals surface area contributed by atoms with Gasteiger partial charge in [0.05, 0.1) is 35.1 Å². The van der Waals surface area contributed by atoms with Crippen LogP contribution in [-0.4, -0.2) is 66.0 Å². The van der Waals surface area contributed by atoms with Crippen molar-refractivity contribution >= 4 is 29.4 Å². The Labute approximate surface area is 327 Å². The smallest absolute Gasteiger partial charge is 0.394 e. The molecule has 2 aromatic carbocycles. The van der Waals surface area contributed by atoms with E-state index in [1.807, 2.05) is 10.9 Å². The van der Waals surface area contributed by atoms with Crippen molar-refractivity contribution < 1.29 is 45.1 Å². The zero-order chi connectivity index (χ0) is 41.3. The standard InChI is InChI=1S/C38H38ClF7N8O3/c1-34(2,38(44,45)46)19-37(24-7-4-21(5-8-24)23-16-49-52(17-23)25-9-10-25)31(56)53(33(47)51-37)28(18-57-29(55)15-36(12-13-36)35(3,42)43)22-6-11-27(39)26(14-22)30-48-20-50-54(30)32(40)41/h4-8,11,14,16-17,20,25,28,32H,9-10,12-13,15,18-19H2,1-3H3,(H2,47,51)/t28-,37-/m1/s1. The number of carbonyl (C=O) groups excluding carboxylic acids is 2. The van der Waals surface area contributed by atoms with Crippen molar-refractivity contribution in [3.05, 3.63) is 77.3 Å². The SMILES string of the molecule is CC(F)(F)C1(CC(=O)OC[C@H](c2ccc(Cl)c(-c3ncnn3C(F)F)c2)N2C(=O)[C@@](CC(C)(C)C(F)(F)F)(c3ccc(-c4cnn(C5CC5)c4)cc3)N=C2N)CC1. The van der Waals surface area contributed by atoms with Crippen molar-refractivity contribution in [1.29, 1.82) is 0 Å². The van der Waals surface area contributed by atoms with E-state index in [1.165, 1.54) is 30.3 Å². The molecule has 0 saturated heterocycles. The first-order valence-electron chi connectivity index (χ1n) is 18.1. The second-order valence-electron chi connectivity index (χ2n) is 15.7. The van der Waals surface area contributed by atoms with Crippen LogP contribution in [0.15, 0.2) is 66.2 Å². The molecule has 0 unspecified atom stereocenters. The Morgan fingerprint density at radius 1 is 1.02 bits per heavy atom. The van der Waals surface area contributed by atoms with Gasteiger partial charge in [-0.1, -0.05) is 55.8 Å². The lowest BCUT2D eigenvalue weighted by Gasteiger charge is -2.37. The third-order valence-electron chi connectivity index (χ3n) is 11.2. The monoisotopic (exact) mass is 822 g/mol. The van der Waals surface area contributed by atoms with E-state index >= 15 is 0 Å². The lowest BCUT2D eigenvalue weighted by atomic mass is 9.74. The Bertz CT molecular complexity index is 2210. The van der Waals surface area contributed by atoms with Gasteiger partial charge in [0.25, 0.3) is 11.8 Å². The third kappa shape index (κ3) is 7.47. The predicted molar refractivity (Wildman–Crippen MR) is 193 cm³/mol. The molecule has 0 radical (unpaired) electrons. The predicted octanol–water partition coefficient (Wildman–Crippen LogP) is 8.63. The highest BCUT2D eigenvalue weighted by Crippen LogP contribution is 2.59. The first-order chi connectivity index (χ1) is 26.7. The number of nitrogens with two attached hydrogens (primary N) is 1. The van der Waals surface area contributed by atoms with Crippen molar-refractivity contribution in [1.82, 2.24) is 29.4 Å². The number of nitrogens with zero attached hydrogens (tertiary/aromatic N) is 7. The fraction of sp³-hybridized carbons (Fsp3) is 0.474. The maximum atomic E-state index is 15.0. The maximum absolute atomic E-state index is 15.0. The van der Waals surface area contributed by atoms with Gasteiger partial charge in [0.15, 0.2) is 17.3 Å². The van der Waals surface area contributed by atoms with Crippen molar-refractivity contribution in [3.63, 3.8) is 0 Å². The molecule has 1 amide bonds. The van der Waals surface area contributed by atoms with Crippen LogP contribution >= 0.6 is 11.6 Å². The fourth-order valence-corrected chi connectivity index (χ4v) is 7.46. The Balaban J connectivity index is 1.29. The number of ether oxygens (including phenoxy) is 1. The minimum atomic E-state index is -4.81. The highest BCUT2D eigenvalue weighted by atomic mass is 35.5. The molecule has 2 N–H and O–H groups in total. The molecule has 3 heterocycles. The molecule has 57 heavy (non-hydrogen) atoms. The molecule has 0 bridgehead atoms. The summed E-state index contributed by atoms with van der Waals surface area (Å²) in [5, 5.41) is 7.87. The Morgan fingerprint density at radius 3 is 2.30 bits per heavy atom. The minimum Gasteiger partial charge on any atom is -0.463 e. The quantitative estimate of drug-likeness (QED) is 0.0995. The summed E-state index contributed by atoms with van der Waals surface area (Å²) >= 11 is 6.43. The zero-order valence-corrected chi connectivity index (χ0v) is 31.7. The van der Waals surface area contributed by atoms with Gasteiger partial charge in [-0.15, -0.1) is 0 Å². The number of alkyl halides is 7. The molecule has 3 aliphatic rings. The largest absolute Gasteiger partial charge is 0.463 e. The second-order valence-corrected chi connectivity index (χ2v) is 16.1. The maximum Gasteiger partial charge on any atom is 0.394 e. The van der Waals surface area contributed by atoms with Gasteiger partial charge < -0.3 is 10.5 Å². The average molecular weight is 823 g/mol. The molecule has 11 nitrogen and oxygen atoms in total. The molecule has 2 aliphatic carbocycles. The van der Waals surface area contributed by atoms with Crippen LogP contribution in [0.5, 0.6) is 0 Å². The summed E-state index contributed by atoms with van der Waals surface area (Å²) in [6.45, 7) is -1.31. The number of hydrogen-bond donors (Lipinski definition) is 1. The summed E-state index contributed by atoms with van der Waals surface area (Å²) in [6.07, 6.45) is 0.177. The summed E-state index contributed by atoms with van der Waals surface area (Å²) in [5.74, 6) is -6.15. The van der Waals surface area contributed by atoms with E-state index in [1.54, 1.807) is 18.3 Å².